The molecule has 2 fully saturated rings. The highest BCUT2D eigenvalue weighted by Crippen LogP contribution is 2.40. The van der Waals surface area contributed by atoms with Gasteiger partial charge in [0.15, 0.2) is 0 Å². The Morgan fingerprint density at radius 1 is 1.12 bits per heavy atom. The molecule has 5 nitrogen and oxygen atoms in total. The third kappa shape index (κ3) is 3.32. The molecule has 5 heteroatoms. The van der Waals surface area contributed by atoms with Crippen LogP contribution < -0.4 is 0 Å². The number of likely N-dealkylation sites (tertiary alicyclic amines) is 1. The Balaban J connectivity index is 1.86. The number of hydrogen-bond acceptors (Lipinski definition) is 4. The lowest BCUT2D eigenvalue weighted by Crippen LogP contribution is -2.50. The van der Waals surface area contributed by atoms with Crippen molar-refractivity contribution in [2.45, 2.75) is 45.1 Å². The molecular formula is C20H25NO4. The Bertz CT molecular complexity index is 633. The summed E-state index contributed by atoms with van der Waals surface area (Å²) in [6.07, 6.45) is 4.03. The van der Waals surface area contributed by atoms with Gasteiger partial charge in [-0.1, -0.05) is 50.1 Å². The Labute approximate surface area is 148 Å². The average molecular weight is 343 g/mol. The molecule has 2 unspecified atom stereocenters. The molecule has 1 saturated carbocycles. The summed E-state index contributed by atoms with van der Waals surface area (Å²) in [6.45, 7) is 1.90. The molecule has 1 aromatic carbocycles. The van der Waals surface area contributed by atoms with Crippen molar-refractivity contribution in [3.8, 4) is 0 Å². The summed E-state index contributed by atoms with van der Waals surface area (Å²) in [4.78, 5) is 39.4. The van der Waals surface area contributed by atoms with E-state index < -0.39 is 12.0 Å². The Morgan fingerprint density at radius 2 is 1.68 bits per heavy atom. The van der Waals surface area contributed by atoms with Gasteiger partial charge >= 0.3 is 5.97 Å². The van der Waals surface area contributed by atoms with E-state index in [1.165, 1.54) is 12.0 Å². The molecule has 0 aromatic heterocycles. The van der Waals surface area contributed by atoms with Crippen LogP contribution in [0.1, 0.15) is 38.2 Å². The lowest BCUT2D eigenvalue weighted by molar-refractivity contribution is -0.159. The summed E-state index contributed by atoms with van der Waals surface area (Å²) in [6, 6.07) is 8.93. The van der Waals surface area contributed by atoms with E-state index in [2.05, 4.69) is 0 Å². The van der Waals surface area contributed by atoms with Gasteiger partial charge in [-0.15, -0.1) is 0 Å². The molecule has 0 N–H and O–H groups in total. The second-order valence-corrected chi connectivity index (χ2v) is 7.18. The summed E-state index contributed by atoms with van der Waals surface area (Å²) in [7, 11) is 1.31. The number of hydrogen-bond donors (Lipinski definition) is 0. The molecule has 1 aliphatic heterocycles. The highest BCUT2D eigenvalue weighted by Gasteiger charge is 2.53. The van der Waals surface area contributed by atoms with Crippen molar-refractivity contribution in [1.29, 1.82) is 0 Å². The fraction of sp³-hybridized carbons (Fsp3) is 0.550. The minimum Gasteiger partial charge on any atom is -0.467 e. The second kappa shape index (κ2) is 7.38. The van der Waals surface area contributed by atoms with E-state index in [1.54, 1.807) is 0 Å². The number of rotatable bonds is 5. The molecule has 0 spiro atoms. The molecule has 2 aliphatic rings. The minimum atomic E-state index is -0.851. The fourth-order valence-corrected chi connectivity index (χ4v) is 4.27. The normalized spacial score (nSPS) is 25.4. The van der Waals surface area contributed by atoms with Gasteiger partial charge in [0.1, 0.15) is 6.04 Å². The van der Waals surface area contributed by atoms with E-state index in [4.69, 9.17) is 4.74 Å². The number of imide groups is 1. The lowest BCUT2D eigenvalue weighted by atomic mass is 9.81. The van der Waals surface area contributed by atoms with Crippen molar-refractivity contribution in [3.05, 3.63) is 35.9 Å². The highest BCUT2D eigenvalue weighted by molar-refractivity contribution is 6.08. The van der Waals surface area contributed by atoms with Crippen molar-refractivity contribution in [3.63, 3.8) is 0 Å². The maximum Gasteiger partial charge on any atom is 0.329 e. The molecule has 1 heterocycles. The van der Waals surface area contributed by atoms with E-state index in [1.807, 2.05) is 37.3 Å². The average Bonchev–Trinajstić information content (AvgIpc) is 2.88. The molecule has 0 bridgehead atoms. The zero-order valence-corrected chi connectivity index (χ0v) is 14.8. The van der Waals surface area contributed by atoms with Crippen molar-refractivity contribution < 1.29 is 19.1 Å². The summed E-state index contributed by atoms with van der Waals surface area (Å²) >= 11 is 0. The first-order chi connectivity index (χ1) is 12.0. The number of carbonyl (C=O) groups is 3. The number of carbonyl (C=O) groups excluding carboxylic acids is 3. The van der Waals surface area contributed by atoms with Crippen LogP contribution in [0.3, 0.4) is 0 Å². The van der Waals surface area contributed by atoms with Gasteiger partial charge in [0.25, 0.3) is 0 Å². The number of methoxy groups -OCH3 is 1. The van der Waals surface area contributed by atoms with Gasteiger partial charge in [-0.3, -0.25) is 14.5 Å². The van der Waals surface area contributed by atoms with E-state index in [0.717, 1.165) is 31.2 Å². The molecule has 2 amide bonds. The molecule has 4 atom stereocenters. The third-order valence-electron chi connectivity index (χ3n) is 5.54. The van der Waals surface area contributed by atoms with Crippen LogP contribution in [0.5, 0.6) is 0 Å². The SMILES string of the molecule is COC(=O)[C@@H]([C@@H](C)Cc1ccccc1)N1C(=O)C2CCCCC2C1=O. The van der Waals surface area contributed by atoms with Crippen LogP contribution in [-0.4, -0.2) is 35.8 Å². The molecule has 1 saturated heterocycles. The van der Waals surface area contributed by atoms with Gasteiger partial charge in [0.2, 0.25) is 11.8 Å². The number of ether oxygens (including phenoxy) is 1. The third-order valence-corrected chi connectivity index (χ3v) is 5.54. The van der Waals surface area contributed by atoms with Crippen LogP contribution in [-0.2, 0) is 25.5 Å². The predicted molar refractivity (Wildman–Crippen MR) is 92.4 cm³/mol. The molecule has 1 aliphatic carbocycles. The number of esters is 1. The zero-order valence-electron chi connectivity index (χ0n) is 14.8. The first-order valence-corrected chi connectivity index (χ1v) is 9.03. The number of nitrogens with zero attached hydrogens (tertiary/aromatic N) is 1. The minimum absolute atomic E-state index is 0.190. The summed E-state index contributed by atoms with van der Waals surface area (Å²) < 4.78 is 4.95. The van der Waals surface area contributed by atoms with E-state index in [-0.39, 0.29) is 29.6 Å². The molecule has 0 radical (unpaired) electrons. The number of benzene rings is 1. The van der Waals surface area contributed by atoms with Crippen LogP contribution in [0.25, 0.3) is 0 Å². The smallest absolute Gasteiger partial charge is 0.329 e. The number of fused-ring (bicyclic) bond motifs is 1. The molecular weight excluding hydrogens is 318 g/mol. The van der Waals surface area contributed by atoms with Gasteiger partial charge in [-0.05, 0) is 30.7 Å². The predicted octanol–water partition coefficient (Wildman–Crippen LogP) is 2.58. The van der Waals surface area contributed by atoms with Crippen LogP contribution in [0.4, 0.5) is 0 Å². The van der Waals surface area contributed by atoms with Gasteiger partial charge < -0.3 is 4.74 Å². The van der Waals surface area contributed by atoms with Crippen molar-refractivity contribution in [1.82, 2.24) is 4.90 Å². The van der Waals surface area contributed by atoms with Crippen molar-refractivity contribution >= 4 is 17.8 Å². The van der Waals surface area contributed by atoms with E-state index in [9.17, 15) is 14.4 Å². The largest absolute Gasteiger partial charge is 0.467 e. The van der Waals surface area contributed by atoms with Crippen molar-refractivity contribution in [2.75, 3.05) is 7.11 Å². The number of amides is 2. The zero-order chi connectivity index (χ0) is 18.0. The first-order valence-electron chi connectivity index (χ1n) is 9.03. The Kier molecular flexibility index (Phi) is 5.21. The standard InChI is InChI=1S/C20H25NO4/c1-13(12-14-8-4-3-5-9-14)17(20(24)25-2)21-18(22)15-10-6-7-11-16(15)19(21)23/h3-5,8-9,13,15-17H,6-7,10-12H2,1-2H3/t13-,15?,16?,17+/m0/s1. The monoisotopic (exact) mass is 343 g/mol. The van der Waals surface area contributed by atoms with Crippen LogP contribution >= 0.6 is 0 Å². The maximum atomic E-state index is 12.9. The maximum absolute atomic E-state index is 12.9. The Morgan fingerprint density at radius 3 is 2.20 bits per heavy atom. The topological polar surface area (TPSA) is 63.7 Å². The van der Waals surface area contributed by atoms with Gasteiger partial charge in [-0.2, -0.15) is 0 Å². The highest BCUT2D eigenvalue weighted by atomic mass is 16.5. The molecule has 1 aromatic rings. The van der Waals surface area contributed by atoms with Gasteiger partial charge in [-0.25, -0.2) is 4.79 Å². The quantitative estimate of drug-likeness (QED) is 0.609. The molecule has 134 valence electrons. The molecule has 25 heavy (non-hydrogen) atoms. The summed E-state index contributed by atoms with van der Waals surface area (Å²) in [5.41, 5.74) is 1.07. The fourth-order valence-electron chi connectivity index (χ4n) is 4.27. The van der Waals surface area contributed by atoms with Crippen LogP contribution in [0, 0.1) is 17.8 Å². The first kappa shape index (κ1) is 17.6. The summed E-state index contributed by atoms with van der Waals surface area (Å²) in [5.74, 6) is -1.60. The summed E-state index contributed by atoms with van der Waals surface area (Å²) in [5, 5.41) is 0. The Hall–Kier alpha value is -2.17. The van der Waals surface area contributed by atoms with Gasteiger partial charge in [0.05, 0.1) is 18.9 Å². The van der Waals surface area contributed by atoms with Crippen LogP contribution in [0.2, 0.25) is 0 Å². The lowest BCUT2D eigenvalue weighted by Gasteiger charge is -2.29. The van der Waals surface area contributed by atoms with Crippen LogP contribution in [0.15, 0.2) is 30.3 Å². The van der Waals surface area contributed by atoms with Gasteiger partial charge in [0, 0.05) is 0 Å². The molecule has 3 rings (SSSR count). The van der Waals surface area contributed by atoms with E-state index >= 15 is 0 Å². The van der Waals surface area contributed by atoms with Crippen molar-refractivity contribution in [2.24, 2.45) is 17.8 Å². The second-order valence-electron chi connectivity index (χ2n) is 7.18. The van der Waals surface area contributed by atoms with E-state index in [0.29, 0.717) is 6.42 Å².